The molecular weight excluding hydrogens is 258 g/mol. The van der Waals surface area contributed by atoms with Crippen molar-refractivity contribution in [3.8, 4) is 0 Å². The summed E-state index contributed by atoms with van der Waals surface area (Å²) in [6, 6.07) is 8.25. The van der Waals surface area contributed by atoms with E-state index in [1.807, 2.05) is 12.1 Å². The predicted molar refractivity (Wildman–Crippen MR) is 76.0 cm³/mol. The Labute approximate surface area is 111 Å². The van der Waals surface area contributed by atoms with Crippen molar-refractivity contribution < 1.29 is 0 Å². The molecule has 0 saturated carbocycles. The highest BCUT2D eigenvalue weighted by Gasteiger charge is 2.18. The normalized spacial score (nSPS) is 18.9. The van der Waals surface area contributed by atoms with Crippen LogP contribution >= 0.6 is 34.2 Å². The molecule has 1 heterocycles. The fourth-order valence-corrected chi connectivity index (χ4v) is 3.14. The van der Waals surface area contributed by atoms with Gasteiger partial charge >= 0.3 is 0 Å². The summed E-state index contributed by atoms with van der Waals surface area (Å²) in [5.74, 6) is 0.818. The number of piperidine rings is 1. The molecule has 0 radical (unpaired) electrons. The first kappa shape index (κ1) is 12.6. The van der Waals surface area contributed by atoms with E-state index in [0.29, 0.717) is 0 Å². The van der Waals surface area contributed by atoms with Crippen molar-refractivity contribution >= 4 is 34.2 Å². The molecule has 1 aromatic carbocycles. The van der Waals surface area contributed by atoms with Crippen molar-refractivity contribution in [3.63, 3.8) is 0 Å². The fourth-order valence-electron chi connectivity index (χ4n) is 2.15. The second-order valence-corrected chi connectivity index (χ2v) is 5.89. The molecule has 1 aliphatic heterocycles. The monoisotopic (exact) mass is 273 g/mol. The van der Waals surface area contributed by atoms with Crippen LogP contribution in [0.1, 0.15) is 18.4 Å². The van der Waals surface area contributed by atoms with Crippen LogP contribution in [0.25, 0.3) is 0 Å². The van der Waals surface area contributed by atoms with Crippen LogP contribution in [0, 0.1) is 5.92 Å². The number of thiol groups is 1. The molecule has 1 aromatic rings. The van der Waals surface area contributed by atoms with Crippen molar-refractivity contribution in [2.45, 2.75) is 19.3 Å². The van der Waals surface area contributed by atoms with Crippen LogP contribution in [0.15, 0.2) is 24.3 Å². The van der Waals surface area contributed by atoms with E-state index in [1.165, 1.54) is 24.8 Å². The SMILES string of the molecule is SSN1CCC(Cc2ccc(Cl)cc2)CC1. The maximum Gasteiger partial charge on any atom is 0.0406 e. The topological polar surface area (TPSA) is 3.24 Å². The first-order chi connectivity index (χ1) is 7.78. The Kier molecular flexibility index (Phi) is 4.89. The summed E-state index contributed by atoms with van der Waals surface area (Å²) < 4.78 is 2.32. The minimum absolute atomic E-state index is 0.818. The van der Waals surface area contributed by atoms with E-state index < -0.39 is 0 Å². The van der Waals surface area contributed by atoms with Crippen LogP contribution in [-0.2, 0) is 6.42 Å². The van der Waals surface area contributed by atoms with Crippen molar-refractivity contribution in [3.05, 3.63) is 34.9 Å². The first-order valence-electron chi connectivity index (χ1n) is 5.59. The Hall–Kier alpha value is 0.170. The highest BCUT2D eigenvalue weighted by atomic mass is 35.5. The quantitative estimate of drug-likeness (QED) is 0.502. The number of hydrogen-bond donors (Lipinski definition) is 1. The largest absolute Gasteiger partial charge is 0.241 e. The van der Waals surface area contributed by atoms with E-state index in [-0.39, 0.29) is 0 Å². The van der Waals surface area contributed by atoms with Gasteiger partial charge in [-0.05, 0) is 53.9 Å². The van der Waals surface area contributed by atoms with Gasteiger partial charge in [0.2, 0.25) is 0 Å². The summed E-state index contributed by atoms with van der Waals surface area (Å²) in [5.41, 5.74) is 1.40. The van der Waals surface area contributed by atoms with E-state index >= 15 is 0 Å². The first-order valence-corrected chi connectivity index (χ1v) is 7.79. The van der Waals surface area contributed by atoms with Crippen molar-refractivity contribution in [2.75, 3.05) is 13.1 Å². The van der Waals surface area contributed by atoms with E-state index in [0.717, 1.165) is 24.0 Å². The molecule has 2 rings (SSSR count). The third kappa shape index (κ3) is 3.59. The molecule has 0 amide bonds. The molecule has 4 heteroatoms. The second kappa shape index (κ2) is 6.20. The van der Waals surface area contributed by atoms with Gasteiger partial charge in [-0.3, -0.25) is 0 Å². The Morgan fingerprint density at radius 3 is 2.44 bits per heavy atom. The van der Waals surface area contributed by atoms with Crippen molar-refractivity contribution in [2.24, 2.45) is 5.92 Å². The molecule has 0 aliphatic carbocycles. The average molecular weight is 274 g/mol. The van der Waals surface area contributed by atoms with Crippen LogP contribution in [0.5, 0.6) is 0 Å². The highest BCUT2D eigenvalue weighted by Crippen LogP contribution is 2.27. The second-order valence-electron chi connectivity index (χ2n) is 4.28. The van der Waals surface area contributed by atoms with Crippen LogP contribution in [0.2, 0.25) is 5.02 Å². The molecular formula is C12H16ClNS2. The van der Waals surface area contributed by atoms with Crippen LogP contribution in [0.4, 0.5) is 0 Å². The van der Waals surface area contributed by atoms with Gasteiger partial charge in [0.1, 0.15) is 0 Å². The van der Waals surface area contributed by atoms with Crippen LogP contribution in [0.3, 0.4) is 0 Å². The molecule has 16 heavy (non-hydrogen) atoms. The van der Waals surface area contributed by atoms with Gasteiger partial charge in [-0.2, -0.15) is 0 Å². The summed E-state index contributed by atoms with van der Waals surface area (Å²) in [4.78, 5) is 0. The Bertz CT molecular complexity index is 320. The van der Waals surface area contributed by atoms with Gasteiger partial charge in [0.25, 0.3) is 0 Å². The van der Waals surface area contributed by atoms with Gasteiger partial charge in [0, 0.05) is 18.1 Å². The lowest BCUT2D eigenvalue weighted by Gasteiger charge is -2.29. The van der Waals surface area contributed by atoms with E-state index in [1.54, 1.807) is 11.0 Å². The maximum absolute atomic E-state index is 5.87. The summed E-state index contributed by atoms with van der Waals surface area (Å²) in [5, 5.41) is 0.824. The zero-order chi connectivity index (χ0) is 11.4. The summed E-state index contributed by atoms with van der Waals surface area (Å²) in [7, 11) is 1.57. The highest BCUT2D eigenvalue weighted by molar-refractivity contribution is 8.67. The Morgan fingerprint density at radius 2 is 1.88 bits per heavy atom. The summed E-state index contributed by atoms with van der Waals surface area (Å²) >= 11 is 10.1. The zero-order valence-electron chi connectivity index (χ0n) is 9.10. The molecule has 1 fully saturated rings. The molecule has 88 valence electrons. The molecule has 0 aromatic heterocycles. The average Bonchev–Trinajstić information content (AvgIpc) is 2.33. The fraction of sp³-hybridized carbons (Fsp3) is 0.500. The summed E-state index contributed by atoms with van der Waals surface area (Å²) in [6.45, 7) is 2.32. The van der Waals surface area contributed by atoms with E-state index in [4.69, 9.17) is 11.6 Å². The van der Waals surface area contributed by atoms with Crippen LogP contribution < -0.4 is 0 Å². The van der Waals surface area contributed by atoms with Gasteiger partial charge in [-0.1, -0.05) is 35.4 Å². The smallest absolute Gasteiger partial charge is 0.0406 e. The lowest BCUT2D eigenvalue weighted by Crippen LogP contribution is -2.28. The van der Waals surface area contributed by atoms with E-state index in [2.05, 4.69) is 28.1 Å². The number of halogens is 1. The lowest BCUT2D eigenvalue weighted by molar-refractivity contribution is 0.292. The third-order valence-corrected chi connectivity index (χ3v) is 4.67. The predicted octanol–water partition coefficient (Wildman–Crippen LogP) is 4.09. The number of hydrogen-bond acceptors (Lipinski definition) is 3. The van der Waals surface area contributed by atoms with Gasteiger partial charge < -0.3 is 0 Å². The maximum atomic E-state index is 5.87. The standard InChI is InChI=1S/C12H16ClNS2/c13-12-3-1-10(2-4-12)9-11-5-7-14(16-15)8-6-11/h1-4,11,15H,5-9H2. The minimum atomic E-state index is 0.818. The van der Waals surface area contributed by atoms with Crippen LogP contribution in [-0.4, -0.2) is 17.4 Å². The van der Waals surface area contributed by atoms with Gasteiger partial charge in [-0.15, -0.1) is 0 Å². The molecule has 0 bridgehead atoms. The molecule has 1 aliphatic rings. The number of rotatable bonds is 3. The lowest BCUT2D eigenvalue weighted by atomic mass is 9.91. The van der Waals surface area contributed by atoms with Crippen molar-refractivity contribution in [1.29, 1.82) is 0 Å². The molecule has 1 saturated heterocycles. The van der Waals surface area contributed by atoms with Gasteiger partial charge in [0.05, 0.1) is 0 Å². The molecule has 0 unspecified atom stereocenters. The molecule has 0 atom stereocenters. The van der Waals surface area contributed by atoms with Gasteiger partial charge in [0.15, 0.2) is 0 Å². The molecule has 1 nitrogen and oxygen atoms in total. The van der Waals surface area contributed by atoms with E-state index in [9.17, 15) is 0 Å². The summed E-state index contributed by atoms with van der Waals surface area (Å²) in [6.07, 6.45) is 3.73. The third-order valence-electron chi connectivity index (χ3n) is 3.13. The minimum Gasteiger partial charge on any atom is -0.241 e. The Balaban J connectivity index is 1.84. The number of nitrogens with zero attached hydrogens (tertiary/aromatic N) is 1. The molecule has 0 N–H and O–H groups in total. The van der Waals surface area contributed by atoms with Gasteiger partial charge in [-0.25, -0.2) is 4.31 Å². The molecule has 0 spiro atoms. The Morgan fingerprint density at radius 1 is 1.25 bits per heavy atom. The number of benzene rings is 1. The van der Waals surface area contributed by atoms with Crippen molar-refractivity contribution in [1.82, 2.24) is 4.31 Å². The zero-order valence-corrected chi connectivity index (χ0v) is 11.6.